The van der Waals surface area contributed by atoms with Crippen LogP contribution in [0.3, 0.4) is 0 Å². The van der Waals surface area contributed by atoms with E-state index in [2.05, 4.69) is 37.0 Å². The third-order valence-corrected chi connectivity index (χ3v) is 4.61. The van der Waals surface area contributed by atoms with Crippen LogP contribution in [0.4, 0.5) is 0 Å². The molecule has 1 rings (SSSR count). The van der Waals surface area contributed by atoms with E-state index in [1.54, 1.807) is 12.3 Å². The van der Waals surface area contributed by atoms with E-state index in [0.29, 0.717) is 29.9 Å². The van der Waals surface area contributed by atoms with Crippen molar-refractivity contribution in [2.75, 3.05) is 6.54 Å². The molecule has 4 nitrogen and oxygen atoms in total. The Balaban J connectivity index is 3.96. The lowest BCUT2D eigenvalue weighted by atomic mass is 9.70. The summed E-state index contributed by atoms with van der Waals surface area (Å²) in [4.78, 5) is 22.0. The molecule has 0 fully saturated rings. The van der Waals surface area contributed by atoms with Gasteiger partial charge in [0.1, 0.15) is 5.84 Å². The minimum Gasteiger partial charge on any atom is -0.383 e. The topological polar surface area (TPSA) is 67.8 Å². The highest BCUT2D eigenvalue weighted by Crippen LogP contribution is 2.42. The van der Waals surface area contributed by atoms with E-state index in [9.17, 15) is 4.79 Å². The number of nitrogens with two attached hydrogens (primary N) is 1. The molecule has 0 atom stereocenters. The van der Waals surface area contributed by atoms with E-state index in [1.165, 1.54) is 0 Å². The number of allylic oxidation sites excluding steroid dienone is 5. The number of ketones is 1. The number of hydrogen-bond acceptors (Lipinski definition) is 3. The normalized spacial score (nSPS) is 19.1. The summed E-state index contributed by atoms with van der Waals surface area (Å²) in [5.74, 6) is 0.495. The van der Waals surface area contributed by atoms with Gasteiger partial charge in [0.15, 0.2) is 5.78 Å². The molecule has 2 N–H and O–H groups in total. The van der Waals surface area contributed by atoms with Gasteiger partial charge in [-0.2, -0.15) is 0 Å². The van der Waals surface area contributed by atoms with Crippen molar-refractivity contribution in [2.24, 2.45) is 21.1 Å². The van der Waals surface area contributed by atoms with Gasteiger partial charge in [-0.3, -0.25) is 14.8 Å². The van der Waals surface area contributed by atoms with Crippen LogP contribution in [0.15, 0.2) is 68.9 Å². The molecule has 0 bridgehead atoms. The maximum absolute atomic E-state index is 13.2. The summed E-state index contributed by atoms with van der Waals surface area (Å²) in [5.41, 5.74) is 11.0. The SMILES string of the molecule is C=CC(=C\N=CCC)/C(C1=C(C)CC(C)(C)CC1=O)=C(/C(=C)C)C(N)=NCC. The number of aliphatic imine (C=N–C) groups is 2. The number of hydrogen-bond donors (Lipinski definition) is 1. The van der Waals surface area contributed by atoms with Gasteiger partial charge in [-0.1, -0.05) is 45.6 Å². The molecule has 1 aliphatic rings. The zero-order valence-corrected chi connectivity index (χ0v) is 18.4. The Morgan fingerprint density at radius 3 is 2.39 bits per heavy atom. The largest absolute Gasteiger partial charge is 0.383 e. The second-order valence-corrected chi connectivity index (χ2v) is 8.01. The highest BCUT2D eigenvalue weighted by molar-refractivity contribution is 6.09. The minimum absolute atomic E-state index is 0.0549. The van der Waals surface area contributed by atoms with Crippen molar-refractivity contribution < 1.29 is 4.79 Å². The molecule has 0 aromatic rings. The van der Waals surface area contributed by atoms with Gasteiger partial charge in [0, 0.05) is 47.7 Å². The Morgan fingerprint density at radius 1 is 1.29 bits per heavy atom. The second-order valence-electron chi connectivity index (χ2n) is 8.01. The van der Waals surface area contributed by atoms with E-state index in [0.717, 1.165) is 35.1 Å². The van der Waals surface area contributed by atoms with Crippen LogP contribution in [-0.4, -0.2) is 24.4 Å². The van der Waals surface area contributed by atoms with Gasteiger partial charge in [-0.25, -0.2) is 0 Å². The van der Waals surface area contributed by atoms with Crippen LogP contribution < -0.4 is 5.73 Å². The summed E-state index contributed by atoms with van der Waals surface area (Å²) >= 11 is 0. The first-order valence-electron chi connectivity index (χ1n) is 9.87. The Hall–Kier alpha value is -2.49. The van der Waals surface area contributed by atoms with Gasteiger partial charge in [-0.15, -0.1) is 0 Å². The molecule has 0 aromatic heterocycles. The number of rotatable bonds is 8. The third kappa shape index (κ3) is 5.75. The van der Waals surface area contributed by atoms with Crippen LogP contribution in [0, 0.1) is 5.41 Å². The maximum Gasteiger partial charge on any atom is 0.164 e. The molecule has 0 aromatic carbocycles. The highest BCUT2D eigenvalue weighted by atomic mass is 16.1. The van der Waals surface area contributed by atoms with Crippen molar-refractivity contribution in [3.8, 4) is 0 Å². The van der Waals surface area contributed by atoms with E-state index in [4.69, 9.17) is 5.73 Å². The van der Waals surface area contributed by atoms with Crippen molar-refractivity contribution in [2.45, 2.75) is 60.8 Å². The van der Waals surface area contributed by atoms with E-state index < -0.39 is 0 Å². The minimum atomic E-state index is -0.0549. The zero-order valence-electron chi connectivity index (χ0n) is 18.4. The lowest BCUT2D eigenvalue weighted by molar-refractivity contribution is -0.117. The molecule has 0 spiro atoms. The van der Waals surface area contributed by atoms with Crippen molar-refractivity contribution in [1.29, 1.82) is 0 Å². The van der Waals surface area contributed by atoms with Crippen LogP contribution in [0.25, 0.3) is 0 Å². The van der Waals surface area contributed by atoms with E-state index >= 15 is 0 Å². The predicted molar refractivity (Wildman–Crippen MR) is 122 cm³/mol. The van der Waals surface area contributed by atoms with Gasteiger partial charge in [-0.05, 0) is 44.6 Å². The number of carbonyl (C=O) groups is 1. The predicted octanol–water partition coefficient (Wildman–Crippen LogP) is 5.49. The fourth-order valence-electron chi connectivity index (χ4n) is 3.66. The zero-order chi connectivity index (χ0) is 21.5. The first kappa shape index (κ1) is 23.5. The smallest absolute Gasteiger partial charge is 0.164 e. The molecule has 4 heteroatoms. The molecule has 152 valence electrons. The second kappa shape index (κ2) is 10.2. The number of amidine groups is 1. The summed E-state index contributed by atoms with van der Waals surface area (Å²) < 4.78 is 0. The fraction of sp³-hybridized carbons (Fsp3) is 0.458. The number of nitrogens with zero attached hydrogens (tertiary/aromatic N) is 2. The number of Topliss-reactive ketones (excluding diaryl/α,β-unsaturated/α-hetero) is 1. The van der Waals surface area contributed by atoms with Crippen LogP contribution >= 0.6 is 0 Å². The van der Waals surface area contributed by atoms with Crippen molar-refractivity contribution in [1.82, 2.24) is 0 Å². The van der Waals surface area contributed by atoms with Gasteiger partial charge in [0.2, 0.25) is 0 Å². The molecular weight excluding hydrogens is 346 g/mol. The van der Waals surface area contributed by atoms with Crippen LogP contribution in [-0.2, 0) is 4.79 Å². The molecule has 0 radical (unpaired) electrons. The van der Waals surface area contributed by atoms with E-state index in [-0.39, 0.29) is 11.2 Å². The standard InChI is InChI=1S/C24H35N3O/c1-9-12-26-15-18(10-2)22(20(16(4)5)23(25)27-11-3)21-17(6)13-24(7,8)14-19(21)28/h10,12,15H,2,4,9,11,13-14H2,1,3,5-8H3,(H2,25,27)/b18-15+,22-20+,26-12?. The summed E-state index contributed by atoms with van der Waals surface area (Å²) in [7, 11) is 0. The Bertz CT molecular complexity index is 802. The van der Waals surface area contributed by atoms with Crippen LogP contribution in [0.2, 0.25) is 0 Å². The summed E-state index contributed by atoms with van der Waals surface area (Å²) in [6.45, 7) is 20.7. The average molecular weight is 382 g/mol. The Morgan fingerprint density at radius 2 is 1.93 bits per heavy atom. The molecule has 1 aliphatic carbocycles. The van der Waals surface area contributed by atoms with Gasteiger partial charge in [0.25, 0.3) is 0 Å². The number of carbonyl (C=O) groups excluding carboxylic acids is 1. The quantitative estimate of drug-likeness (QED) is 0.343. The third-order valence-electron chi connectivity index (χ3n) is 4.61. The molecule has 0 aliphatic heterocycles. The van der Waals surface area contributed by atoms with Crippen molar-refractivity contribution >= 4 is 17.8 Å². The molecule has 0 unspecified atom stereocenters. The molecular formula is C24H35N3O. The van der Waals surface area contributed by atoms with Gasteiger partial charge >= 0.3 is 0 Å². The maximum atomic E-state index is 13.2. The summed E-state index contributed by atoms with van der Waals surface area (Å²) in [6, 6.07) is 0. The van der Waals surface area contributed by atoms with Gasteiger partial charge in [0.05, 0.1) is 0 Å². The monoisotopic (exact) mass is 381 g/mol. The molecule has 0 heterocycles. The first-order valence-corrected chi connectivity index (χ1v) is 9.87. The van der Waals surface area contributed by atoms with Crippen molar-refractivity contribution in [3.05, 3.63) is 58.9 Å². The summed E-state index contributed by atoms with van der Waals surface area (Å²) in [6.07, 6.45) is 7.42. The molecule has 0 amide bonds. The Kier molecular flexibility index (Phi) is 8.55. The molecule has 28 heavy (non-hydrogen) atoms. The van der Waals surface area contributed by atoms with Crippen LogP contribution in [0.5, 0.6) is 0 Å². The highest BCUT2D eigenvalue weighted by Gasteiger charge is 2.34. The first-order chi connectivity index (χ1) is 13.1. The average Bonchev–Trinajstić information content (AvgIpc) is 2.56. The lowest BCUT2D eigenvalue weighted by Gasteiger charge is -2.33. The fourth-order valence-corrected chi connectivity index (χ4v) is 3.66. The van der Waals surface area contributed by atoms with Crippen molar-refractivity contribution in [3.63, 3.8) is 0 Å². The van der Waals surface area contributed by atoms with Crippen LogP contribution in [0.1, 0.15) is 60.8 Å². The lowest BCUT2D eigenvalue weighted by Crippen LogP contribution is -2.28. The summed E-state index contributed by atoms with van der Waals surface area (Å²) in [5, 5.41) is 0. The van der Waals surface area contributed by atoms with E-state index in [1.807, 2.05) is 33.9 Å². The molecule has 0 saturated heterocycles. The van der Waals surface area contributed by atoms with Gasteiger partial charge < -0.3 is 5.73 Å². The Labute approximate surface area is 170 Å². The molecule has 0 saturated carbocycles.